The minimum atomic E-state index is 0. The maximum absolute atomic E-state index is 3.66. The van der Waals surface area contributed by atoms with Gasteiger partial charge in [-0.05, 0) is 12.8 Å². The van der Waals surface area contributed by atoms with Gasteiger partial charge in [0.1, 0.15) is 0 Å². The van der Waals surface area contributed by atoms with E-state index in [4.69, 9.17) is 0 Å². The molecule has 21 heavy (non-hydrogen) atoms. The molecule has 0 aromatic rings. The summed E-state index contributed by atoms with van der Waals surface area (Å²) in [6, 6.07) is 0. The first kappa shape index (κ1) is 25.8. The van der Waals surface area contributed by atoms with E-state index in [0.29, 0.717) is 0 Å². The number of hydrogen-bond acceptors (Lipinski definition) is 0. The Bertz CT molecular complexity index is 352. The molecule has 112 valence electrons. The Morgan fingerprint density at radius 2 is 1.24 bits per heavy atom. The SMILES string of the molecule is C=CCCC1=[C-]CC=C1.C=CCCC1=[C-]CC=C1.[Cl-].[Cl-].[Zr+4]. The van der Waals surface area contributed by atoms with Crippen LogP contribution in [0, 0.1) is 12.2 Å². The van der Waals surface area contributed by atoms with Gasteiger partial charge in [0.25, 0.3) is 0 Å². The Kier molecular flexibility index (Phi) is 22.1. The summed E-state index contributed by atoms with van der Waals surface area (Å²) < 4.78 is 0. The molecule has 0 saturated heterocycles. The molecule has 0 unspecified atom stereocenters. The van der Waals surface area contributed by atoms with Crippen LogP contribution in [-0.2, 0) is 26.2 Å². The number of rotatable bonds is 6. The summed E-state index contributed by atoms with van der Waals surface area (Å²) in [6.07, 6.45) is 25.3. The molecule has 2 rings (SSSR count). The first-order valence-corrected chi connectivity index (χ1v) is 6.61. The largest absolute Gasteiger partial charge is 4.00 e. The Morgan fingerprint density at radius 3 is 1.48 bits per heavy atom. The number of hydrogen-bond donors (Lipinski definition) is 0. The molecule has 0 N–H and O–H groups in total. The van der Waals surface area contributed by atoms with Crippen LogP contribution in [0.2, 0.25) is 0 Å². The zero-order chi connectivity index (χ0) is 13.1. The van der Waals surface area contributed by atoms with Crippen molar-refractivity contribution in [1.29, 1.82) is 0 Å². The first-order valence-electron chi connectivity index (χ1n) is 6.61. The molecule has 0 aromatic carbocycles. The average Bonchev–Trinajstić information content (AvgIpc) is 3.07. The molecule has 0 radical (unpaired) electrons. The van der Waals surface area contributed by atoms with Gasteiger partial charge in [-0.15, -0.1) is 26.0 Å². The van der Waals surface area contributed by atoms with Crippen molar-refractivity contribution in [1.82, 2.24) is 0 Å². The molecule has 0 fully saturated rings. The summed E-state index contributed by atoms with van der Waals surface area (Å²) in [4.78, 5) is 0. The van der Waals surface area contributed by atoms with Gasteiger partial charge in [0.05, 0.1) is 0 Å². The average molecular weight is 401 g/mol. The minimum absolute atomic E-state index is 0. The fraction of sp³-hybridized carbons (Fsp3) is 0.333. The zero-order valence-corrected chi connectivity index (χ0v) is 16.3. The number of allylic oxidation sites excluding steroid dienone is 10. The van der Waals surface area contributed by atoms with E-state index in [9.17, 15) is 0 Å². The van der Waals surface area contributed by atoms with E-state index in [1.165, 1.54) is 11.1 Å². The molecule has 0 aliphatic heterocycles. The molecular formula is C18H22Cl2Zr. The van der Waals surface area contributed by atoms with E-state index in [0.717, 1.165) is 38.5 Å². The third kappa shape index (κ3) is 13.3. The van der Waals surface area contributed by atoms with Crippen molar-refractivity contribution >= 4 is 0 Å². The van der Waals surface area contributed by atoms with Crippen LogP contribution in [0.25, 0.3) is 0 Å². The Labute approximate surface area is 161 Å². The normalized spacial score (nSPS) is 13.5. The van der Waals surface area contributed by atoms with Gasteiger partial charge in [-0.3, -0.25) is 12.2 Å². The quantitative estimate of drug-likeness (QED) is 0.408. The maximum Gasteiger partial charge on any atom is 4.00 e. The van der Waals surface area contributed by atoms with Gasteiger partial charge in [0.15, 0.2) is 0 Å². The second kappa shape index (κ2) is 18.0. The first-order chi connectivity index (χ1) is 8.86. The molecule has 2 aliphatic rings. The molecular weight excluding hydrogens is 378 g/mol. The van der Waals surface area contributed by atoms with Crippen molar-refractivity contribution in [2.24, 2.45) is 0 Å². The molecule has 0 bridgehead atoms. The topological polar surface area (TPSA) is 0 Å². The van der Waals surface area contributed by atoms with E-state index in [-0.39, 0.29) is 51.0 Å². The molecule has 3 heteroatoms. The predicted octanol–water partition coefficient (Wildman–Crippen LogP) is -0.710. The Morgan fingerprint density at radius 1 is 0.857 bits per heavy atom. The molecule has 2 aliphatic carbocycles. The molecule has 0 atom stereocenters. The summed E-state index contributed by atoms with van der Waals surface area (Å²) in [5, 5.41) is 0. The van der Waals surface area contributed by atoms with Crippen LogP contribution < -0.4 is 24.8 Å². The van der Waals surface area contributed by atoms with E-state index < -0.39 is 0 Å². The van der Waals surface area contributed by atoms with Crippen molar-refractivity contribution in [3.8, 4) is 0 Å². The van der Waals surface area contributed by atoms with Crippen molar-refractivity contribution in [3.05, 3.63) is 72.9 Å². The van der Waals surface area contributed by atoms with Crippen molar-refractivity contribution < 1.29 is 51.0 Å². The fourth-order valence-electron chi connectivity index (χ4n) is 1.76. The van der Waals surface area contributed by atoms with Crippen LogP contribution in [0.15, 0.2) is 60.8 Å². The number of halogens is 2. The summed E-state index contributed by atoms with van der Waals surface area (Å²) in [5.74, 6) is 0. The smallest absolute Gasteiger partial charge is 1.00 e. The van der Waals surface area contributed by atoms with Crippen LogP contribution in [-0.4, -0.2) is 0 Å². The van der Waals surface area contributed by atoms with Crippen LogP contribution in [0.4, 0.5) is 0 Å². The fourth-order valence-corrected chi connectivity index (χ4v) is 1.76. The Hall–Kier alpha value is -0.0969. The van der Waals surface area contributed by atoms with Gasteiger partial charge in [-0.25, -0.2) is 23.3 Å². The molecule has 0 amide bonds. The summed E-state index contributed by atoms with van der Waals surface area (Å²) in [7, 11) is 0. The van der Waals surface area contributed by atoms with Crippen molar-refractivity contribution in [2.75, 3.05) is 0 Å². The second-order valence-corrected chi connectivity index (χ2v) is 4.27. The molecule has 0 saturated carbocycles. The van der Waals surface area contributed by atoms with Crippen molar-refractivity contribution in [2.45, 2.75) is 38.5 Å². The van der Waals surface area contributed by atoms with Crippen LogP contribution in [0.1, 0.15) is 38.5 Å². The van der Waals surface area contributed by atoms with Gasteiger partial charge >= 0.3 is 26.2 Å². The van der Waals surface area contributed by atoms with Crippen molar-refractivity contribution in [3.63, 3.8) is 0 Å². The third-order valence-electron chi connectivity index (χ3n) is 2.77. The summed E-state index contributed by atoms with van der Waals surface area (Å²) in [6.45, 7) is 7.31. The Balaban J connectivity index is -0.000000270. The monoisotopic (exact) mass is 398 g/mol. The van der Waals surface area contributed by atoms with E-state index in [1.807, 2.05) is 12.2 Å². The summed E-state index contributed by atoms with van der Waals surface area (Å²) >= 11 is 0. The van der Waals surface area contributed by atoms with Gasteiger partial charge in [-0.1, -0.05) is 25.0 Å². The molecule has 0 nitrogen and oxygen atoms in total. The van der Waals surface area contributed by atoms with Crippen LogP contribution in [0.5, 0.6) is 0 Å². The zero-order valence-electron chi connectivity index (χ0n) is 12.4. The minimum Gasteiger partial charge on any atom is -1.00 e. The maximum atomic E-state index is 3.66. The standard InChI is InChI=1S/2C9H11.2ClH.Zr/c2*1-2-3-6-9-7-4-5-8-9;;;/h2*2,4,7H,1,3,5-6H2;2*1H;/q2*-1;;;+4/p-2. The van der Waals surface area contributed by atoms with Gasteiger partial charge in [-0.2, -0.15) is 12.2 Å². The van der Waals surface area contributed by atoms with E-state index in [1.54, 1.807) is 0 Å². The van der Waals surface area contributed by atoms with Crippen LogP contribution >= 0.6 is 0 Å². The van der Waals surface area contributed by atoms with E-state index >= 15 is 0 Å². The van der Waals surface area contributed by atoms with Gasteiger partial charge in [0.2, 0.25) is 0 Å². The molecule has 0 heterocycles. The predicted molar refractivity (Wildman–Crippen MR) is 79.9 cm³/mol. The molecule has 0 spiro atoms. The van der Waals surface area contributed by atoms with Gasteiger partial charge in [0, 0.05) is 0 Å². The second-order valence-electron chi connectivity index (χ2n) is 4.27. The summed E-state index contributed by atoms with van der Waals surface area (Å²) in [5.41, 5.74) is 2.69. The molecule has 0 aromatic heterocycles. The third-order valence-corrected chi connectivity index (χ3v) is 2.77. The van der Waals surface area contributed by atoms with Gasteiger partial charge < -0.3 is 24.8 Å². The van der Waals surface area contributed by atoms with Crippen LogP contribution in [0.3, 0.4) is 0 Å². The van der Waals surface area contributed by atoms with E-state index in [2.05, 4.69) is 49.6 Å².